The summed E-state index contributed by atoms with van der Waals surface area (Å²) in [5.74, 6) is -2.81. The molecule has 0 spiro atoms. The second kappa shape index (κ2) is 6.28. The molecule has 25 heavy (non-hydrogen) atoms. The molecule has 0 aromatic rings. The van der Waals surface area contributed by atoms with Crippen molar-refractivity contribution in [3.8, 4) is 0 Å². The molecule has 0 bridgehead atoms. The number of nitrogens with zero attached hydrogens (tertiary/aromatic N) is 1. The quantitative estimate of drug-likeness (QED) is 0.424. The van der Waals surface area contributed by atoms with E-state index in [1.165, 1.54) is 0 Å². The van der Waals surface area contributed by atoms with Crippen molar-refractivity contribution in [1.82, 2.24) is 0 Å². The number of ketones is 1. The Hall–Kier alpha value is -2.18. The zero-order valence-corrected chi connectivity index (χ0v) is 14.7. The Kier molecular flexibility index (Phi) is 4.43. The molecule has 4 atom stereocenters. The summed E-state index contributed by atoms with van der Waals surface area (Å²) in [7, 11) is 0. The highest BCUT2D eigenvalue weighted by atomic mass is 16.5. The first kappa shape index (κ1) is 17.6. The highest BCUT2D eigenvalue weighted by molar-refractivity contribution is 6.46. The molecular weight excluding hydrogens is 326 g/mol. The minimum Gasteiger partial charge on any atom is -0.476 e. The maximum atomic E-state index is 13.2. The third kappa shape index (κ3) is 1.98. The molecule has 1 fully saturated rings. The van der Waals surface area contributed by atoms with Gasteiger partial charge >= 0.3 is 11.9 Å². The van der Waals surface area contributed by atoms with Gasteiger partial charge in [0, 0.05) is 5.92 Å². The second-order valence-corrected chi connectivity index (χ2v) is 6.33. The van der Waals surface area contributed by atoms with E-state index < -0.39 is 28.7 Å². The summed E-state index contributed by atoms with van der Waals surface area (Å²) in [5, 5.41) is 0. The average molecular weight is 349 g/mol. The maximum absolute atomic E-state index is 13.2. The van der Waals surface area contributed by atoms with E-state index >= 15 is 0 Å². The fraction of sp³-hybridized carbons (Fsp3) is 0.667. The first-order chi connectivity index (χ1) is 12.0. The van der Waals surface area contributed by atoms with Crippen LogP contribution in [0.15, 0.2) is 17.1 Å². The van der Waals surface area contributed by atoms with Crippen LogP contribution in [-0.4, -0.2) is 49.0 Å². The standard InChI is InChI=1S/C18H23NO6/c1-4-23-14-13(20)17(15(21)24-5-2)11-9-7-8-10-12(11)18(17,19-14)16(22)25-6-3/h8,10-12H,4-7,9H2,1-3H3/t11-,12+,17+,18-/m0/s1. The number of aliphatic imine (C=N–C) groups is 1. The van der Waals surface area contributed by atoms with Gasteiger partial charge in [0.05, 0.1) is 19.8 Å². The fourth-order valence-corrected chi connectivity index (χ4v) is 4.54. The first-order valence-electron chi connectivity index (χ1n) is 8.80. The lowest BCUT2D eigenvalue weighted by molar-refractivity contribution is -0.203. The molecule has 3 rings (SSSR count). The minimum atomic E-state index is -1.67. The number of rotatable bonds is 5. The number of ether oxygens (including phenoxy) is 3. The van der Waals surface area contributed by atoms with Crippen LogP contribution in [0.5, 0.6) is 0 Å². The van der Waals surface area contributed by atoms with E-state index in [1.807, 2.05) is 12.2 Å². The van der Waals surface area contributed by atoms with Gasteiger partial charge in [-0.05, 0) is 39.5 Å². The Morgan fingerprint density at radius 3 is 2.48 bits per heavy atom. The van der Waals surface area contributed by atoms with Gasteiger partial charge in [-0.15, -0.1) is 0 Å². The summed E-state index contributed by atoms with van der Waals surface area (Å²) < 4.78 is 15.8. The molecule has 0 N–H and O–H groups in total. The van der Waals surface area contributed by atoms with Gasteiger partial charge in [-0.3, -0.25) is 9.59 Å². The summed E-state index contributed by atoms with van der Waals surface area (Å²) in [6.45, 7) is 5.53. The third-order valence-corrected chi connectivity index (χ3v) is 5.36. The predicted octanol–water partition coefficient (Wildman–Crippen LogP) is 1.45. The van der Waals surface area contributed by atoms with E-state index in [2.05, 4.69) is 4.99 Å². The Labute approximate surface area is 146 Å². The van der Waals surface area contributed by atoms with Gasteiger partial charge in [-0.25, -0.2) is 9.79 Å². The van der Waals surface area contributed by atoms with Crippen molar-refractivity contribution >= 4 is 23.6 Å². The minimum absolute atomic E-state index is 0.115. The normalized spacial score (nSPS) is 35.2. The fourth-order valence-electron chi connectivity index (χ4n) is 4.54. The maximum Gasteiger partial charge on any atom is 0.336 e. The second-order valence-electron chi connectivity index (χ2n) is 6.33. The van der Waals surface area contributed by atoms with Crippen molar-refractivity contribution in [2.24, 2.45) is 22.2 Å². The Morgan fingerprint density at radius 1 is 1.16 bits per heavy atom. The number of allylic oxidation sites excluding steroid dienone is 1. The van der Waals surface area contributed by atoms with Crippen molar-refractivity contribution < 1.29 is 28.6 Å². The number of fused-ring (bicyclic) bond motifs is 4. The molecule has 7 nitrogen and oxygen atoms in total. The van der Waals surface area contributed by atoms with Crippen LogP contribution in [-0.2, 0) is 28.6 Å². The van der Waals surface area contributed by atoms with Gasteiger partial charge < -0.3 is 14.2 Å². The number of esters is 2. The average Bonchev–Trinajstić information content (AvgIpc) is 2.80. The molecule has 1 aliphatic heterocycles. The van der Waals surface area contributed by atoms with Gasteiger partial charge in [0.1, 0.15) is 0 Å². The summed E-state index contributed by atoms with van der Waals surface area (Å²) in [6.07, 6.45) is 5.17. The predicted molar refractivity (Wildman–Crippen MR) is 87.9 cm³/mol. The van der Waals surface area contributed by atoms with Crippen molar-refractivity contribution in [2.45, 2.75) is 39.2 Å². The SMILES string of the molecule is CCOC(=O)[C@@]12C(=O)C(OCC)=N[C@]1(C(=O)OCC)[C@@H]1C=CCC[C@@H]12. The summed E-state index contributed by atoms with van der Waals surface area (Å²) >= 11 is 0. The first-order valence-corrected chi connectivity index (χ1v) is 8.80. The van der Waals surface area contributed by atoms with Crippen LogP contribution in [0.2, 0.25) is 0 Å². The summed E-state index contributed by atoms with van der Waals surface area (Å²) in [6, 6.07) is 0. The number of Topliss-reactive ketones (excluding diaryl/α,β-unsaturated/α-hetero) is 1. The van der Waals surface area contributed by atoms with Gasteiger partial charge in [-0.2, -0.15) is 0 Å². The van der Waals surface area contributed by atoms with E-state index in [0.29, 0.717) is 6.42 Å². The smallest absolute Gasteiger partial charge is 0.336 e. The van der Waals surface area contributed by atoms with E-state index in [1.54, 1.807) is 20.8 Å². The topological polar surface area (TPSA) is 91.3 Å². The van der Waals surface area contributed by atoms with E-state index in [-0.39, 0.29) is 37.6 Å². The molecule has 0 radical (unpaired) electrons. The molecule has 0 amide bonds. The van der Waals surface area contributed by atoms with Crippen molar-refractivity contribution in [3.63, 3.8) is 0 Å². The zero-order chi connectivity index (χ0) is 18.2. The van der Waals surface area contributed by atoms with Crippen LogP contribution in [0, 0.1) is 17.3 Å². The lowest BCUT2D eigenvalue weighted by Crippen LogP contribution is -2.77. The Balaban J connectivity index is 2.19. The van der Waals surface area contributed by atoms with Crippen LogP contribution < -0.4 is 0 Å². The molecule has 0 unspecified atom stereocenters. The number of carbonyl (C=O) groups excluding carboxylic acids is 3. The largest absolute Gasteiger partial charge is 0.476 e. The van der Waals surface area contributed by atoms with Crippen LogP contribution in [0.25, 0.3) is 0 Å². The summed E-state index contributed by atoms with van der Waals surface area (Å²) in [5.41, 5.74) is -3.28. The lowest BCUT2D eigenvalue weighted by Gasteiger charge is -2.59. The Morgan fingerprint density at radius 2 is 1.84 bits per heavy atom. The lowest BCUT2D eigenvalue weighted by atomic mass is 9.40. The molecule has 136 valence electrons. The van der Waals surface area contributed by atoms with Gasteiger partial charge in [0.15, 0.2) is 11.0 Å². The van der Waals surface area contributed by atoms with Crippen molar-refractivity contribution in [2.75, 3.05) is 19.8 Å². The third-order valence-electron chi connectivity index (χ3n) is 5.36. The molecule has 0 aromatic heterocycles. The molecule has 0 saturated heterocycles. The number of hydrogen-bond donors (Lipinski definition) is 0. The van der Waals surface area contributed by atoms with Crippen molar-refractivity contribution in [3.05, 3.63) is 12.2 Å². The number of carbonyl (C=O) groups is 3. The summed E-state index contributed by atoms with van der Waals surface area (Å²) in [4.78, 5) is 43.4. The molecule has 0 aromatic carbocycles. The molecule has 1 heterocycles. The van der Waals surface area contributed by atoms with E-state index in [4.69, 9.17) is 14.2 Å². The van der Waals surface area contributed by atoms with Crippen LogP contribution in [0.1, 0.15) is 33.6 Å². The van der Waals surface area contributed by atoms with Crippen LogP contribution >= 0.6 is 0 Å². The zero-order valence-electron chi connectivity index (χ0n) is 14.7. The highest BCUT2D eigenvalue weighted by Crippen LogP contribution is 2.68. The van der Waals surface area contributed by atoms with Crippen LogP contribution in [0.4, 0.5) is 0 Å². The van der Waals surface area contributed by atoms with Crippen LogP contribution in [0.3, 0.4) is 0 Å². The number of hydrogen-bond acceptors (Lipinski definition) is 7. The monoisotopic (exact) mass is 349 g/mol. The Bertz CT molecular complexity index is 668. The molecular formula is C18H23NO6. The molecule has 7 heteroatoms. The molecule has 1 saturated carbocycles. The highest BCUT2D eigenvalue weighted by Gasteiger charge is 2.86. The molecule has 3 aliphatic rings. The van der Waals surface area contributed by atoms with Gasteiger partial charge in [-0.1, -0.05) is 12.2 Å². The van der Waals surface area contributed by atoms with Crippen molar-refractivity contribution in [1.29, 1.82) is 0 Å². The molecule has 2 aliphatic carbocycles. The van der Waals surface area contributed by atoms with E-state index in [0.717, 1.165) is 6.42 Å². The van der Waals surface area contributed by atoms with E-state index in [9.17, 15) is 14.4 Å². The van der Waals surface area contributed by atoms with Gasteiger partial charge in [0.25, 0.3) is 5.90 Å². The van der Waals surface area contributed by atoms with Gasteiger partial charge in [0.2, 0.25) is 5.78 Å².